The lowest BCUT2D eigenvalue weighted by Crippen LogP contribution is -2.44. The molecule has 0 aromatic heterocycles. The molecule has 1 amide bonds. The summed E-state index contributed by atoms with van der Waals surface area (Å²) in [5.41, 5.74) is 6.20. The number of nitrogens with zero attached hydrogens (tertiary/aromatic N) is 4. The van der Waals surface area contributed by atoms with E-state index in [1.54, 1.807) is 4.90 Å². The van der Waals surface area contributed by atoms with Gasteiger partial charge in [-0.25, -0.2) is 0 Å². The molecule has 20 heavy (non-hydrogen) atoms. The number of fused-ring (bicyclic) bond motifs is 1. The van der Waals surface area contributed by atoms with Crippen molar-refractivity contribution in [3.05, 3.63) is 12.2 Å². The van der Waals surface area contributed by atoms with E-state index in [1.165, 1.54) is 6.34 Å². The number of aliphatic hydroxyl groups is 2. The number of carbonyl (C=O) groups excluding carboxylic acids is 1. The number of aliphatic hydroxyl groups excluding tert-OH is 2. The lowest BCUT2D eigenvalue weighted by Gasteiger charge is -2.27. The van der Waals surface area contributed by atoms with Gasteiger partial charge < -0.3 is 20.8 Å². The number of aliphatic imine (C=N–C) groups is 3. The van der Waals surface area contributed by atoms with Crippen molar-refractivity contribution < 1.29 is 15.0 Å². The van der Waals surface area contributed by atoms with E-state index in [0.717, 1.165) is 0 Å². The highest BCUT2D eigenvalue weighted by atomic mass is 16.3. The molecule has 3 aliphatic rings. The number of amides is 1. The number of nitrogens with two attached hydrogens (primary N) is 1. The predicted octanol–water partition coefficient (Wildman–Crippen LogP) is -1.75. The Labute approximate surface area is 115 Å². The highest BCUT2D eigenvalue weighted by Crippen LogP contribution is 2.35. The van der Waals surface area contributed by atoms with Gasteiger partial charge in [-0.3, -0.25) is 9.79 Å². The number of amidine groups is 1. The van der Waals surface area contributed by atoms with E-state index in [9.17, 15) is 15.0 Å². The molecule has 0 saturated heterocycles. The molecule has 4 atom stereocenters. The highest BCUT2D eigenvalue weighted by molar-refractivity contribution is 6.22. The molecule has 0 radical (unpaired) electrons. The second kappa shape index (κ2) is 4.50. The van der Waals surface area contributed by atoms with E-state index in [-0.39, 0.29) is 24.5 Å². The first-order valence-electron chi connectivity index (χ1n) is 6.28. The molecule has 1 saturated carbocycles. The summed E-state index contributed by atoms with van der Waals surface area (Å²) < 4.78 is 0. The Hall–Kier alpha value is -2.06. The minimum atomic E-state index is -0.764. The SMILES string of the molecule is C=C1[C@H](CO)[C@@H](O)C[C@@H]1N1C=NC2C(=O)N=C(N)N=C21. The maximum absolute atomic E-state index is 11.7. The Morgan fingerprint density at radius 1 is 1.50 bits per heavy atom. The van der Waals surface area contributed by atoms with Gasteiger partial charge in [0.25, 0.3) is 5.91 Å². The summed E-state index contributed by atoms with van der Waals surface area (Å²) in [7, 11) is 0. The molecule has 0 spiro atoms. The summed E-state index contributed by atoms with van der Waals surface area (Å²) in [6.45, 7) is 3.77. The van der Waals surface area contributed by atoms with Crippen LogP contribution in [0.4, 0.5) is 0 Å². The van der Waals surface area contributed by atoms with E-state index < -0.39 is 18.1 Å². The largest absolute Gasteiger partial charge is 0.396 e. The second-order valence-electron chi connectivity index (χ2n) is 5.04. The van der Waals surface area contributed by atoms with Crippen LogP contribution in [0.5, 0.6) is 0 Å². The lowest BCUT2D eigenvalue weighted by molar-refractivity contribution is -0.117. The van der Waals surface area contributed by atoms with Crippen molar-refractivity contribution in [2.24, 2.45) is 26.6 Å². The van der Waals surface area contributed by atoms with Crippen molar-refractivity contribution in [2.45, 2.75) is 24.6 Å². The highest BCUT2D eigenvalue weighted by Gasteiger charge is 2.44. The third-order valence-electron chi connectivity index (χ3n) is 3.90. The average molecular weight is 277 g/mol. The first-order chi connectivity index (χ1) is 9.52. The number of hydrogen-bond donors (Lipinski definition) is 3. The minimum Gasteiger partial charge on any atom is -0.396 e. The van der Waals surface area contributed by atoms with Crippen LogP contribution in [-0.2, 0) is 4.79 Å². The summed E-state index contributed by atoms with van der Waals surface area (Å²) in [5, 5.41) is 19.2. The van der Waals surface area contributed by atoms with Gasteiger partial charge >= 0.3 is 0 Å². The fourth-order valence-corrected chi connectivity index (χ4v) is 2.82. The van der Waals surface area contributed by atoms with Gasteiger partial charge in [0.15, 0.2) is 6.04 Å². The van der Waals surface area contributed by atoms with E-state index >= 15 is 0 Å². The summed E-state index contributed by atoms with van der Waals surface area (Å²) in [4.78, 5) is 25.1. The van der Waals surface area contributed by atoms with Crippen LogP contribution in [0.2, 0.25) is 0 Å². The van der Waals surface area contributed by atoms with Gasteiger partial charge in [0.2, 0.25) is 5.96 Å². The zero-order valence-corrected chi connectivity index (χ0v) is 10.7. The Bertz CT molecular complexity index is 567. The zero-order valence-electron chi connectivity index (χ0n) is 10.7. The first-order valence-corrected chi connectivity index (χ1v) is 6.28. The normalized spacial score (nSPS) is 36.2. The second-order valence-corrected chi connectivity index (χ2v) is 5.04. The minimum absolute atomic E-state index is 0.0976. The molecule has 1 unspecified atom stereocenters. The van der Waals surface area contributed by atoms with Crippen LogP contribution >= 0.6 is 0 Å². The molecule has 4 N–H and O–H groups in total. The predicted molar refractivity (Wildman–Crippen MR) is 72.3 cm³/mol. The molecule has 0 aromatic rings. The van der Waals surface area contributed by atoms with Gasteiger partial charge in [0, 0.05) is 5.92 Å². The Balaban J connectivity index is 1.90. The average Bonchev–Trinajstić information content (AvgIpc) is 2.91. The van der Waals surface area contributed by atoms with E-state index in [2.05, 4.69) is 21.6 Å². The standard InChI is InChI=1S/C12H15N5O3/c1-5-6(3-18)8(19)2-7(5)17-4-14-9-10(17)15-12(13)16-11(9)20/h4,6-9,18-19H,1-3H2,(H2,13,16,20)/t6-,7-,8-,9?/m0/s1. The van der Waals surface area contributed by atoms with Gasteiger partial charge in [-0.1, -0.05) is 6.58 Å². The van der Waals surface area contributed by atoms with Crippen LogP contribution in [0.25, 0.3) is 0 Å². The summed E-state index contributed by atoms with van der Waals surface area (Å²) in [6.07, 6.45) is 1.22. The molecule has 0 bridgehead atoms. The quantitative estimate of drug-likeness (QED) is 0.516. The molecule has 106 valence electrons. The van der Waals surface area contributed by atoms with Crippen LogP contribution < -0.4 is 5.73 Å². The van der Waals surface area contributed by atoms with Gasteiger partial charge in [-0.2, -0.15) is 9.98 Å². The molecule has 0 aromatic carbocycles. The number of rotatable bonds is 2. The molecule has 8 heteroatoms. The topological polar surface area (TPSA) is 124 Å². The van der Waals surface area contributed by atoms with Crippen molar-refractivity contribution >= 4 is 24.0 Å². The molecule has 1 fully saturated rings. The van der Waals surface area contributed by atoms with Crippen molar-refractivity contribution in [2.75, 3.05) is 6.61 Å². The molecule has 1 aliphatic carbocycles. The third-order valence-corrected chi connectivity index (χ3v) is 3.90. The molecular weight excluding hydrogens is 262 g/mol. The van der Waals surface area contributed by atoms with Crippen LogP contribution in [0.1, 0.15) is 6.42 Å². The molecular formula is C12H15N5O3. The maximum Gasteiger partial charge on any atom is 0.281 e. The number of carbonyl (C=O) groups is 1. The van der Waals surface area contributed by atoms with Crippen LogP contribution in [0.15, 0.2) is 27.1 Å². The summed E-state index contributed by atoms with van der Waals surface area (Å²) >= 11 is 0. The molecule has 8 nitrogen and oxygen atoms in total. The fourth-order valence-electron chi connectivity index (χ4n) is 2.82. The van der Waals surface area contributed by atoms with E-state index in [4.69, 9.17) is 5.73 Å². The van der Waals surface area contributed by atoms with Gasteiger partial charge in [0.05, 0.1) is 25.1 Å². The van der Waals surface area contributed by atoms with Crippen molar-refractivity contribution in [1.29, 1.82) is 0 Å². The number of hydrogen-bond acceptors (Lipinski definition) is 7. The Morgan fingerprint density at radius 3 is 2.90 bits per heavy atom. The monoisotopic (exact) mass is 277 g/mol. The van der Waals surface area contributed by atoms with Gasteiger partial charge in [-0.05, 0) is 12.0 Å². The smallest absolute Gasteiger partial charge is 0.281 e. The summed E-state index contributed by atoms with van der Waals surface area (Å²) in [5.74, 6) is -0.522. The van der Waals surface area contributed by atoms with Crippen molar-refractivity contribution in [1.82, 2.24) is 4.90 Å². The van der Waals surface area contributed by atoms with Gasteiger partial charge in [0.1, 0.15) is 5.84 Å². The molecule has 2 heterocycles. The first kappa shape index (κ1) is 12.9. The lowest BCUT2D eigenvalue weighted by atomic mass is 10.0. The maximum atomic E-state index is 11.7. The van der Waals surface area contributed by atoms with Crippen LogP contribution in [0, 0.1) is 5.92 Å². The van der Waals surface area contributed by atoms with Gasteiger partial charge in [-0.15, -0.1) is 0 Å². The van der Waals surface area contributed by atoms with Crippen LogP contribution in [-0.4, -0.2) is 63.9 Å². The number of guanidine groups is 1. The Kier molecular flexibility index (Phi) is 2.91. The van der Waals surface area contributed by atoms with E-state index in [1.807, 2.05) is 0 Å². The third kappa shape index (κ3) is 1.76. The van der Waals surface area contributed by atoms with Crippen molar-refractivity contribution in [3.8, 4) is 0 Å². The fraction of sp³-hybridized carbons (Fsp3) is 0.500. The van der Waals surface area contributed by atoms with Crippen molar-refractivity contribution in [3.63, 3.8) is 0 Å². The van der Waals surface area contributed by atoms with E-state index in [0.29, 0.717) is 17.8 Å². The molecule has 3 rings (SSSR count). The molecule has 2 aliphatic heterocycles. The zero-order chi connectivity index (χ0) is 14.4. The Morgan fingerprint density at radius 2 is 2.25 bits per heavy atom. The summed E-state index contributed by atoms with van der Waals surface area (Å²) in [6, 6.07) is -1.02. The van der Waals surface area contributed by atoms with Crippen LogP contribution in [0.3, 0.4) is 0 Å².